The molecule has 0 aliphatic heterocycles. The predicted octanol–water partition coefficient (Wildman–Crippen LogP) is 2.71. The molecule has 0 radical (unpaired) electrons. The first-order valence-corrected chi connectivity index (χ1v) is 6.00. The molecule has 0 unspecified atom stereocenters. The number of hydrogen-bond acceptors (Lipinski definition) is 4. The van der Waals surface area contributed by atoms with Crippen molar-refractivity contribution in [3.8, 4) is 11.6 Å². The highest BCUT2D eigenvalue weighted by atomic mass is 16.5. The van der Waals surface area contributed by atoms with Gasteiger partial charge in [-0.05, 0) is 24.1 Å². The van der Waals surface area contributed by atoms with Crippen LogP contribution in [0.4, 0.5) is 0 Å². The number of aryl methyl sites for hydroxylation is 1. The summed E-state index contributed by atoms with van der Waals surface area (Å²) < 4.78 is 5.63. The van der Waals surface area contributed by atoms with E-state index in [9.17, 15) is 0 Å². The zero-order valence-corrected chi connectivity index (χ0v) is 10.3. The van der Waals surface area contributed by atoms with Crippen molar-refractivity contribution in [1.29, 1.82) is 0 Å². The molecular weight excluding hydrogens is 228 g/mol. The van der Waals surface area contributed by atoms with Crippen LogP contribution in [0.3, 0.4) is 0 Å². The van der Waals surface area contributed by atoms with Crippen molar-refractivity contribution in [2.45, 2.75) is 26.4 Å². The van der Waals surface area contributed by atoms with Crippen LogP contribution in [0.1, 0.15) is 24.6 Å². The molecule has 0 aliphatic carbocycles. The second-order valence-corrected chi connectivity index (χ2v) is 4.00. The topological polar surface area (TPSA) is 55.2 Å². The van der Waals surface area contributed by atoms with Crippen LogP contribution in [0.2, 0.25) is 0 Å². The van der Waals surface area contributed by atoms with Gasteiger partial charge in [-0.25, -0.2) is 9.97 Å². The van der Waals surface area contributed by atoms with Crippen LogP contribution in [-0.4, -0.2) is 15.1 Å². The van der Waals surface area contributed by atoms with Crippen molar-refractivity contribution in [1.82, 2.24) is 9.97 Å². The first-order chi connectivity index (χ1) is 8.81. The Morgan fingerprint density at radius 2 is 1.94 bits per heavy atom. The molecular formula is C14H16N2O2. The first kappa shape index (κ1) is 12.5. The third kappa shape index (κ3) is 3.28. The van der Waals surface area contributed by atoms with E-state index in [-0.39, 0.29) is 6.61 Å². The molecule has 0 aliphatic rings. The molecule has 1 aromatic heterocycles. The molecule has 0 fully saturated rings. The number of nitrogens with zero attached hydrogens (tertiary/aromatic N) is 2. The van der Waals surface area contributed by atoms with E-state index in [0.29, 0.717) is 11.6 Å². The van der Waals surface area contributed by atoms with E-state index < -0.39 is 0 Å². The highest BCUT2D eigenvalue weighted by Crippen LogP contribution is 2.20. The summed E-state index contributed by atoms with van der Waals surface area (Å²) in [5.74, 6) is 1.25. The molecule has 2 aromatic rings. The van der Waals surface area contributed by atoms with Crippen molar-refractivity contribution in [3.63, 3.8) is 0 Å². The fraction of sp³-hybridized carbons (Fsp3) is 0.286. The van der Waals surface area contributed by atoms with Crippen LogP contribution in [-0.2, 0) is 13.0 Å². The van der Waals surface area contributed by atoms with Gasteiger partial charge in [0.15, 0.2) is 0 Å². The molecule has 0 atom stereocenters. The maximum atomic E-state index is 8.95. The summed E-state index contributed by atoms with van der Waals surface area (Å²) >= 11 is 0. The molecule has 1 N–H and O–H groups in total. The van der Waals surface area contributed by atoms with Crippen molar-refractivity contribution in [2.75, 3.05) is 0 Å². The highest BCUT2D eigenvalue weighted by molar-refractivity contribution is 5.30. The van der Waals surface area contributed by atoms with E-state index >= 15 is 0 Å². The minimum atomic E-state index is 0.0361. The number of aromatic nitrogens is 2. The van der Waals surface area contributed by atoms with Crippen LogP contribution >= 0.6 is 0 Å². The molecule has 0 bridgehead atoms. The normalized spacial score (nSPS) is 10.3. The number of aliphatic hydroxyl groups is 1. The smallest absolute Gasteiger partial charge is 0.222 e. The van der Waals surface area contributed by atoms with Gasteiger partial charge in [-0.15, -0.1) is 0 Å². The van der Waals surface area contributed by atoms with E-state index in [1.54, 1.807) is 0 Å². The average Bonchev–Trinajstić information content (AvgIpc) is 2.40. The van der Waals surface area contributed by atoms with Gasteiger partial charge in [0.25, 0.3) is 0 Å². The predicted molar refractivity (Wildman–Crippen MR) is 68.5 cm³/mol. The molecule has 0 amide bonds. The summed E-state index contributed by atoms with van der Waals surface area (Å²) in [7, 11) is 0. The summed E-state index contributed by atoms with van der Waals surface area (Å²) in [6, 6.07) is 9.12. The standard InChI is InChI=1S/C14H16N2O2/c1-2-3-12-8-14(16-10-15-12)18-13-6-4-11(9-17)5-7-13/h4-8,10,17H,2-3,9H2,1H3. The minimum absolute atomic E-state index is 0.0361. The third-order valence-electron chi connectivity index (χ3n) is 2.53. The van der Waals surface area contributed by atoms with Gasteiger partial charge in [0.1, 0.15) is 12.1 Å². The lowest BCUT2D eigenvalue weighted by Gasteiger charge is -2.06. The Balaban J connectivity index is 2.09. The quantitative estimate of drug-likeness (QED) is 0.878. The van der Waals surface area contributed by atoms with Crippen LogP contribution in [0.25, 0.3) is 0 Å². The zero-order valence-electron chi connectivity index (χ0n) is 10.3. The molecule has 4 nitrogen and oxygen atoms in total. The summed E-state index contributed by atoms with van der Waals surface area (Å²) in [5, 5.41) is 8.95. The molecule has 0 saturated heterocycles. The second kappa shape index (κ2) is 6.12. The third-order valence-corrected chi connectivity index (χ3v) is 2.53. The van der Waals surface area contributed by atoms with Crippen LogP contribution in [0, 0.1) is 0 Å². The lowest BCUT2D eigenvalue weighted by Crippen LogP contribution is -1.94. The largest absolute Gasteiger partial charge is 0.439 e. The maximum absolute atomic E-state index is 8.95. The van der Waals surface area contributed by atoms with Crippen molar-refractivity contribution in [3.05, 3.63) is 47.9 Å². The Bertz CT molecular complexity index is 497. The molecule has 1 heterocycles. The lowest BCUT2D eigenvalue weighted by atomic mass is 10.2. The fourth-order valence-corrected chi connectivity index (χ4v) is 1.61. The number of aliphatic hydroxyl groups excluding tert-OH is 1. The molecule has 2 rings (SSSR count). The van der Waals surface area contributed by atoms with Gasteiger partial charge >= 0.3 is 0 Å². The summed E-state index contributed by atoms with van der Waals surface area (Å²) in [4.78, 5) is 8.25. The van der Waals surface area contributed by atoms with Crippen molar-refractivity contribution in [2.24, 2.45) is 0 Å². The number of benzene rings is 1. The zero-order chi connectivity index (χ0) is 12.8. The number of hydrogen-bond donors (Lipinski definition) is 1. The van der Waals surface area contributed by atoms with E-state index in [4.69, 9.17) is 9.84 Å². The van der Waals surface area contributed by atoms with E-state index in [2.05, 4.69) is 16.9 Å². The van der Waals surface area contributed by atoms with Gasteiger partial charge in [-0.3, -0.25) is 0 Å². The van der Waals surface area contributed by atoms with Crippen LogP contribution < -0.4 is 4.74 Å². The van der Waals surface area contributed by atoms with Crippen molar-refractivity contribution < 1.29 is 9.84 Å². The van der Waals surface area contributed by atoms with Gasteiger partial charge in [-0.1, -0.05) is 25.5 Å². The molecule has 94 valence electrons. The van der Waals surface area contributed by atoms with Crippen LogP contribution in [0.5, 0.6) is 11.6 Å². The number of rotatable bonds is 5. The Morgan fingerprint density at radius 1 is 1.17 bits per heavy atom. The van der Waals surface area contributed by atoms with E-state index in [1.807, 2.05) is 30.3 Å². The fourth-order valence-electron chi connectivity index (χ4n) is 1.61. The number of ether oxygens (including phenoxy) is 1. The molecule has 18 heavy (non-hydrogen) atoms. The van der Waals surface area contributed by atoms with Crippen molar-refractivity contribution >= 4 is 0 Å². The van der Waals surface area contributed by atoms with Gasteiger partial charge in [-0.2, -0.15) is 0 Å². The van der Waals surface area contributed by atoms with E-state index in [0.717, 1.165) is 24.1 Å². The highest BCUT2D eigenvalue weighted by Gasteiger charge is 2.01. The average molecular weight is 244 g/mol. The molecule has 4 heteroatoms. The SMILES string of the molecule is CCCc1cc(Oc2ccc(CO)cc2)ncn1. The first-order valence-electron chi connectivity index (χ1n) is 6.00. The molecule has 1 aromatic carbocycles. The monoisotopic (exact) mass is 244 g/mol. The summed E-state index contributed by atoms with van der Waals surface area (Å²) in [6.45, 7) is 2.14. The Labute approximate surface area is 106 Å². The van der Waals surface area contributed by atoms with Gasteiger partial charge < -0.3 is 9.84 Å². The van der Waals surface area contributed by atoms with E-state index in [1.165, 1.54) is 6.33 Å². The Hall–Kier alpha value is -1.94. The molecule has 0 saturated carbocycles. The maximum Gasteiger partial charge on any atom is 0.222 e. The van der Waals surface area contributed by atoms with Crippen LogP contribution in [0.15, 0.2) is 36.7 Å². The Kier molecular flexibility index (Phi) is 4.25. The Morgan fingerprint density at radius 3 is 2.61 bits per heavy atom. The van der Waals surface area contributed by atoms with Gasteiger partial charge in [0.05, 0.1) is 6.61 Å². The second-order valence-electron chi connectivity index (χ2n) is 4.00. The summed E-state index contributed by atoms with van der Waals surface area (Å²) in [5.41, 5.74) is 1.84. The minimum Gasteiger partial charge on any atom is -0.439 e. The lowest BCUT2D eigenvalue weighted by molar-refractivity contribution is 0.281. The van der Waals surface area contributed by atoms with Gasteiger partial charge in [0.2, 0.25) is 5.88 Å². The van der Waals surface area contributed by atoms with Gasteiger partial charge in [0, 0.05) is 11.8 Å². The summed E-state index contributed by atoms with van der Waals surface area (Å²) in [6.07, 6.45) is 3.48. The molecule has 0 spiro atoms.